The van der Waals surface area contributed by atoms with Gasteiger partial charge in [-0.3, -0.25) is 0 Å². The number of aliphatic hydroxyl groups excluding tert-OH is 2. The summed E-state index contributed by atoms with van der Waals surface area (Å²) in [6, 6.07) is 8.73. The molecular weight excluding hydrogens is 278 g/mol. The molecule has 1 rings (SSSR count). The fourth-order valence-corrected chi connectivity index (χ4v) is 3.21. The van der Waals surface area contributed by atoms with Crippen LogP contribution in [-0.4, -0.2) is 48.2 Å². The van der Waals surface area contributed by atoms with E-state index in [1.54, 1.807) is 13.8 Å². The van der Waals surface area contributed by atoms with Crippen molar-refractivity contribution in [3.8, 4) is 0 Å². The van der Waals surface area contributed by atoms with Gasteiger partial charge in [0.25, 0.3) is 0 Å². The van der Waals surface area contributed by atoms with Crippen LogP contribution in [0.3, 0.4) is 0 Å². The van der Waals surface area contributed by atoms with Gasteiger partial charge >= 0.3 is 0 Å². The zero-order valence-corrected chi connectivity index (χ0v) is 12.7. The fraction of sp³-hybridized carbons (Fsp3) is 0.571. The van der Waals surface area contributed by atoms with Gasteiger partial charge in [0.1, 0.15) is 0 Å². The molecule has 0 bridgehead atoms. The van der Waals surface area contributed by atoms with Crippen molar-refractivity contribution in [2.75, 3.05) is 13.1 Å². The van der Waals surface area contributed by atoms with Crippen molar-refractivity contribution < 1.29 is 18.6 Å². The molecular formula is C14H22NO4S. The van der Waals surface area contributed by atoms with E-state index in [4.69, 9.17) is 0 Å². The van der Waals surface area contributed by atoms with Crippen LogP contribution >= 0.6 is 0 Å². The third-order valence-electron chi connectivity index (χ3n) is 3.10. The average molecular weight is 300 g/mol. The van der Waals surface area contributed by atoms with E-state index in [0.29, 0.717) is 12.8 Å². The SMILES string of the molecule is CCC(O)CN(CC(O)CC)S(=O)(=O)c1cc[c]cc1. The molecule has 1 aromatic rings. The highest BCUT2D eigenvalue weighted by Gasteiger charge is 2.27. The Kier molecular flexibility index (Phi) is 6.61. The van der Waals surface area contributed by atoms with E-state index < -0.39 is 22.2 Å². The van der Waals surface area contributed by atoms with Gasteiger partial charge in [0.05, 0.1) is 17.1 Å². The Labute approximate surface area is 120 Å². The Hall–Kier alpha value is -0.950. The van der Waals surface area contributed by atoms with E-state index in [0.717, 1.165) is 4.31 Å². The largest absolute Gasteiger partial charge is 0.392 e. The smallest absolute Gasteiger partial charge is 0.243 e. The van der Waals surface area contributed by atoms with Gasteiger partial charge in [-0.05, 0) is 31.0 Å². The molecule has 0 fully saturated rings. The van der Waals surface area contributed by atoms with Crippen LogP contribution in [0.2, 0.25) is 0 Å². The standard InChI is InChI=1S/C14H22NO4S/c1-3-12(16)10-15(11-13(17)4-2)20(18,19)14-8-6-5-7-9-14/h6-9,12-13,16-17H,3-4,10-11H2,1-2H3. The second-order valence-electron chi connectivity index (χ2n) is 4.68. The highest BCUT2D eigenvalue weighted by molar-refractivity contribution is 7.89. The highest BCUT2D eigenvalue weighted by atomic mass is 32.2. The Morgan fingerprint density at radius 1 is 1.10 bits per heavy atom. The molecule has 0 aliphatic heterocycles. The normalized spacial score (nSPS) is 15.2. The molecule has 20 heavy (non-hydrogen) atoms. The fourth-order valence-electron chi connectivity index (χ4n) is 1.69. The maximum atomic E-state index is 12.5. The first-order chi connectivity index (χ1) is 9.41. The maximum absolute atomic E-state index is 12.5. The summed E-state index contributed by atoms with van der Waals surface area (Å²) in [5.74, 6) is 0. The van der Waals surface area contributed by atoms with E-state index in [1.165, 1.54) is 24.3 Å². The summed E-state index contributed by atoms with van der Waals surface area (Å²) in [6.45, 7) is 3.52. The van der Waals surface area contributed by atoms with Gasteiger partial charge in [-0.25, -0.2) is 8.42 Å². The molecule has 2 unspecified atom stereocenters. The summed E-state index contributed by atoms with van der Waals surface area (Å²) in [5, 5.41) is 19.5. The molecule has 0 aliphatic rings. The topological polar surface area (TPSA) is 77.8 Å². The summed E-state index contributed by atoms with van der Waals surface area (Å²) >= 11 is 0. The predicted molar refractivity (Wildman–Crippen MR) is 76.6 cm³/mol. The first-order valence-electron chi connectivity index (χ1n) is 6.74. The lowest BCUT2D eigenvalue weighted by Crippen LogP contribution is -2.41. The second-order valence-corrected chi connectivity index (χ2v) is 6.62. The van der Waals surface area contributed by atoms with Crippen molar-refractivity contribution in [3.63, 3.8) is 0 Å². The molecule has 1 aromatic carbocycles. The number of benzene rings is 1. The van der Waals surface area contributed by atoms with Crippen molar-refractivity contribution in [1.29, 1.82) is 0 Å². The zero-order valence-electron chi connectivity index (χ0n) is 11.9. The molecule has 0 aromatic heterocycles. The Bertz CT molecular complexity index is 477. The molecule has 2 N–H and O–H groups in total. The van der Waals surface area contributed by atoms with Gasteiger partial charge < -0.3 is 10.2 Å². The van der Waals surface area contributed by atoms with Crippen LogP contribution in [0.15, 0.2) is 29.2 Å². The van der Waals surface area contributed by atoms with Crippen LogP contribution in [-0.2, 0) is 10.0 Å². The first-order valence-corrected chi connectivity index (χ1v) is 8.18. The molecule has 0 saturated heterocycles. The minimum Gasteiger partial charge on any atom is -0.392 e. The minimum atomic E-state index is -3.72. The minimum absolute atomic E-state index is 0.0193. The van der Waals surface area contributed by atoms with Gasteiger partial charge in [-0.1, -0.05) is 26.0 Å². The number of hydrogen-bond acceptors (Lipinski definition) is 4. The van der Waals surface area contributed by atoms with E-state index in [1.807, 2.05) is 0 Å². The molecule has 113 valence electrons. The van der Waals surface area contributed by atoms with Crippen LogP contribution in [0.5, 0.6) is 0 Å². The van der Waals surface area contributed by atoms with Gasteiger partial charge in [0.15, 0.2) is 0 Å². The summed E-state index contributed by atoms with van der Waals surface area (Å²) in [7, 11) is -3.72. The molecule has 1 radical (unpaired) electrons. The highest BCUT2D eigenvalue weighted by Crippen LogP contribution is 2.17. The van der Waals surface area contributed by atoms with Crippen molar-refractivity contribution >= 4 is 10.0 Å². The Morgan fingerprint density at radius 3 is 1.95 bits per heavy atom. The van der Waals surface area contributed by atoms with Crippen LogP contribution in [0.25, 0.3) is 0 Å². The molecule has 2 atom stereocenters. The number of aliphatic hydroxyl groups is 2. The van der Waals surface area contributed by atoms with Crippen molar-refractivity contribution in [1.82, 2.24) is 4.31 Å². The van der Waals surface area contributed by atoms with Gasteiger partial charge in [0, 0.05) is 13.1 Å². The molecule has 0 aliphatic carbocycles. The predicted octanol–water partition coefficient (Wildman–Crippen LogP) is 1.02. The average Bonchev–Trinajstić information content (AvgIpc) is 2.46. The summed E-state index contributed by atoms with van der Waals surface area (Å²) in [4.78, 5) is 0.142. The Balaban J connectivity index is 3.02. The zero-order chi connectivity index (χ0) is 15.2. The first kappa shape index (κ1) is 17.1. The molecule has 0 saturated carbocycles. The molecule has 5 nitrogen and oxygen atoms in total. The van der Waals surface area contributed by atoms with Gasteiger partial charge in [-0.15, -0.1) is 0 Å². The van der Waals surface area contributed by atoms with E-state index in [2.05, 4.69) is 6.07 Å². The lowest BCUT2D eigenvalue weighted by atomic mass is 10.2. The van der Waals surface area contributed by atoms with E-state index in [-0.39, 0.29) is 18.0 Å². The lowest BCUT2D eigenvalue weighted by Gasteiger charge is -2.26. The second kappa shape index (κ2) is 7.73. The van der Waals surface area contributed by atoms with Crippen molar-refractivity contribution in [2.45, 2.75) is 43.8 Å². The summed E-state index contributed by atoms with van der Waals surface area (Å²) < 4.78 is 26.2. The van der Waals surface area contributed by atoms with Crippen LogP contribution < -0.4 is 0 Å². The third kappa shape index (κ3) is 4.56. The number of nitrogens with zero attached hydrogens (tertiary/aromatic N) is 1. The summed E-state index contributed by atoms with van der Waals surface area (Å²) in [5.41, 5.74) is 0. The number of sulfonamides is 1. The van der Waals surface area contributed by atoms with Crippen LogP contribution in [0.4, 0.5) is 0 Å². The Morgan fingerprint density at radius 2 is 1.55 bits per heavy atom. The quantitative estimate of drug-likeness (QED) is 0.751. The van der Waals surface area contributed by atoms with E-state index in [9.17, 15) is 18.6 Å². The van der Waals surface area contributed by atoms with Crippen LogP contribution in [0.1, 0.15) is 26.7 Å². The van der Waals surface area contributed by atoms with Crippen LogP contribution in [0, 0.1) is 6.07 Å². The number of rotatable bonds is 8. The van der Waals surface area contributed by atoms with E-state index >= 15 is 0 Å². The summed E-state index contributed by atoms with van der Waals surface area (Å²) in [6.07, 6.45) is -0.582. The van der Waals surface area contributed by atoms with Gasteiger partial charge in [-0.2, -0.15) is 4.31 Å². The molecule has 0 spiro atoms. The molecule has 0 amide bonds. The third-order valence-corrected chi connectivity index (χ3v) is 4.94. The number of hydrogen-bond donors (Lipinski definition) is 2. The lowest BCUT2D eigenvalue weighted by molar-refractivity contribution is 0.104. The van der Waals surface area contributed by atoms with Gasteiger partial charge in [0.2, 0.25) is 10.0 Å². The van der Waals surface area contributed by atoms with Crippen molar-refractivity contribution in [3.05, 3.63) is 30.3 Å². The molecule has 6 heteroatoms. The monoisotopic (exact) mass is 300 g/mol. The van der Waals surface area contributed by atoms with Crippen molar-refractivity contribution in [2.24, 2.45) is 0 Å². The maximum Gasteiger partial charge on any atom is 0.243 e. The molecule has 0 heterocycles.